The molecule has 0 saturated heterocycles. The van der Waals surface area contributed by atoms with Crippen LogP contribution in [-0.4, -0.2) is 27.1 Å². The number of carbonyl (C=O) groups is 1. The number of carboxylic acid groups (broad SMARTS) is 1. The average Bonchev–Trinajstić information content (AvgIpc) is 2.00. The summed E-state index contributed by atoms with van der Waals surface area (Å²) in [4.78, 5) is 11.1. The Balaban J connectivity index is 5.25. The van der Waals surface area contributed by atoms with Gasteiger partial charge in [0.15, 0.2) is 5.79 Å². The van der Waals surface area contributed by atoms with Crippen molar-refractivity contribution in [3.8, 4) is 0 Å². The molecule has 4 heteroatoms. The van der Waals surface area contributed by atoms with Crippen molar-refractivity contribution in [2.75, 3.05) is 0 Å². The molecule has 0 heterocycles. The van der Waals surface area contributed by atoms with Gasteiger partial charge in [-0.05, 0) is 26.2 Å². The fraction of sp³-hybridized carbons (Fsp3) is 0.917. The Labute approximate surface area is 97.3 Å². The van der Waals surface area contributed by atoms with Gasteiger partial charge in [-0.2, -0.15) is 0 Å². The van der Waals surface area contributed by atoms with Crippen LogP contribution in [0, 0.1) is 16.7 Å². The van der Waals surface area contributed by atoms with Crippen LogP contribution in [0.3, 0.4) is 0 Å². The van der Waals surface area contributed by atoms with Gasteiger partial charge >= 0.3 is 5.97 Å². The predicted octanol–water partition coefficient (Wildman–Crippen LogP) is 1.85. The van der Waals surface area contributed by atoms with Gasteiger partial charge in [0.25, 0.3) is 0 Å². The van der Waals surface area contributed by atoms with E-state index in [0.29, 0.717) is 6.42 Å². The summed E-state index contributed by atoms with van der Waals surface area (Å²) in [5.74, 6) is -3.21. The highest BCUT2D eigenvalue weighted by molar-refractivity contribution is 5.75. The molecule has 0 saturated carbocycles. The molecule has 0 aliphatic carbocycles. The maximum absolute atomic E-state index is 11.1. The molecule has 0 amide bonds. The van der Waals surface area contributed by atoms with Crippen LogP contribution in [0.25, 0.3) is 0 Å². The third kappa shape index (κ3) is 2.55. The quantitative estimate of drug-likeness (QED) is 0.632. The zero-order chi connectivity index (χ0) is 13.4. The Kier molecular flexibility index (Phi) is 4.17. The maximum atomic E-state index is 11.1. The summed E-state index contributed by atoms with van der Waals surface area (Å²) in [7, 11) is 0. The Hall–Kier alpha value is -0.610. The number of carboxylic acids is 1. The molecule has 16 heavy (non-hydrogen) atoms. The van der Waals surface area contributed by atoms with E-state index < -0.39 is 22.6 Å². The van der Waals surface area contributed by atoms with E-state index in [0.717, 1.165) is 0 Å². The highest BCUT2D eigenvalue weighted by Crippen LogP contribution is 2.45. The molecule has 0 rings (SSSR count). The highest BCUT2D eigenvalue weighted by atomic mass is 16.5. The fourth-order valence-electron chi connectivity index (χ4n) is 2.16. The van der Waals surface area contributed by atoms with Gasteiger partial charge in [0, 0.05) is 5.41 Å². The van der Waals surface area contributed by atoms with Crippen molar-refractivity contribution in [2.45, 2.75) is 53.8 Å². The van der Waals surface area contributed by atoms with Crippen LogP contribution in [0.2, 0.25) is 0 Å². The van der Waals surface area contributed by atoms with Crippen molar-refractivity contribution in [1.82, 2.24) is 0 Å². The van der Waals surface area contributed by atoms with Gasteiger partial charge < -0.3 is 15.3 Å². The second-order valence-electron chi connectivity index (χ2n) is 6.08. The van der Waals surface area contributed by atoms with Gasteiger partial charge in [0.1, 0.15) is 5.41 Å². The lowest BCUT2D eigenvalue weighted by Crippen LogP contribution is -2.59. The molecule has 0 aromatic rings. The Morgan fingerprint density at radius 2 is 1.50 bits per heavy atom. The monoisotopic (exact) mass is 232 g/mol. The van der Waals surface area contributed by atoms with E-state index in [1.807, 2.05) is 13.8 Å². The zero-order valence-corrected chi connectivity index (χ0v) is 11.0. The summed E-state index contributed by atoms with van der Waals surface area (Å²) in [6.07, 6.45) is 0.538. The lowest BCUT2D eigenvalue weighted by Gasteiger charge is -2.46. The van der Waals surface area contributed by atoms with Gasteiger partial charge in [-0.15, -0.1) is 0 Å². The van der Waals surface area contributed by atoms with Crippen molar-refractivity contribution in [3.05, 3.63) is 0 Å². The van der Waals surface area contributed by atoms with Crippen LogP contribution in [-0.2, 0) is 4.79 Å². The van der Waals surface area contributed by atoms with Gasteiger partial charge in [0.2, 0.25) is 0 Å². The molecule has 0 aliphatic heterocycles. The summed E-state index contributed by atoms with van der Waals surface area (Å²) < 4.78 is 0. The van der Waals surface area contributed by atoms with Crippen molar-refractivity contribution in [2.24, 2.45) is 16.7 Å². The lowest BCUT2D eigenvalue weighted by atomic mass is 9.65. The molecule has 0 atom stereocenters. The minimum atomic E-state index is -2.25. The number of aliphatic hydroxyl groups is 2. The molecule has 0 bridgehead atoms. The Bertz CT molecular complexity index is 264. The smallest absolute Gasteiger partial charge is 0.314 e. The van der Waals surface area contributed by atoms with Crippen molar-refractivity contribution >= 4 is 5.97 Å². The van der Waals surface area contributed by atoms with Crippen LogP contribution in [0.4, 0.5) is 0 Å². The van der Waals surface area contributed by atoms with Gasteiger partial charge in [-0.3, -0.25) is 4.79 Å². The van der Waals surface area contributed by atoms with Crippen molar-refractivity contribution < 1.29 is 20.1 Å². The number of hydrogen-bond donors (Lipinski definition) is 3. The van der Waals surface area contributed by atoms with Gasteiger partial charge in [-0.25, -0.2) is 0 Å². The van der Waals surface area contributed by atoms with E-state index in [-0.39, 0.29) is 5.92 Å². The minimum absolute atomic E-state index is 0.262. The molecule has 0 radical (unpaired) electrons. The molecule has 96 valence electrons. The van der Waals surface area contributed by atoms with E-state index in [4.69, 9.17) is 5.11 Å². The first kappa shape index (κ1) is 15.4. The van der Waals surface area contributed by atoms with E-state index >= 15 is 0 Å². The third-order valence-corrected chi connectivity index (χ3v) is 3.27. The highest BCUT2D eigenvalue weighted by Gasteiger charge is 2.56. The van der Waals surface area contributed by atoms with Crippen LogP contribution < -0.4 is 0 Å². The lowest BCUT2D eigenvalue weighted by molar-refractivity contribution is -0.294. The second-order valence-corrected chi connectivity index (χ2v) is 6.08. The predicted molar refractivity (Wildman–Crippen MR) is 61.8 cm³/mol. The summed E-state index contributed by atoms with van der Waals surface area (Å²) in [5.41, 5.74) is -2.49. The molecular formula is C12H24O4. The molecule has 0 aromatic heterocycles. The standard InChI is InChI=1S/C12H24O4/c1-8(2)7-10(3,4)12(15,16)11(5,6)9(13)14/h8,15-16H,7H2,1-6H3,(H,13,14). The number of aliphatic carboxylic acids is 1. The first-order valence-corrected chi connectivity index (χ1v) is 5.54. The first-order chi connectivity index (χ1) is 6.86. The SMILES string of the molecule is CC(C)CC(C)(C)C(O)(O)C(C)(C)C(=O)O. The number of rotatable bonds is 5. The maximum Gasteiger partial charge on any atom is 0.314 e. The largest absolute Gasteiger partial charge is 0.481 e. The zero-order valence-electron chi connectivity index (χ0n) is 11.0. The van der Waals surface area contributed by atoms with Gasteiger partial charge in [0.05, 0.1) is 0 Å². The topological polar surface area (TPSA) is 77.8 Å². The Morgan fingerprint density at radius 3 is 1.75 bits per heavy atom. The van der Waals surface area contributed by atoms with E-state index in [1.165, 1.54) is 13.8 Å². The van der Waals surface area contributed by atoms with E-state index in [2.05, 4.69) is 0 Å². The molecule has 0 fully saturated rings. The molecule has 0 spiro atoms. The molecule has 4 nitrogen and oxygen atoms in total. The number of hydrogen-bond acceptors (Lipinski definition) is 3. The summed E-state index contributed by atoms with van der Waals surface area (Å²) >= 11 is 0. The summed E-state index contributed by atoms with van der Waals surface area (Å²) in [6.45, 7) is 9.95. The van der Waals surface area contributed by atoms with Crippen LogP contribution in [0.15, 0.2) is 0 Å². The van der Waals surface area contributed by atoms with Gasteiger partial charge in [-0.1, -0.05) is 27.7 Å². The van der Waals surface area contributed by atoms with Crippen LogP contribution >= 0.6 is 0 Å². The third-order valence-electron chi connectivity index (χ3n) is 3.27. The fourth-order valence-corrected chi connectivity index (χ4v) is 2.16. The minimum Gasteiger partial charge on any atom is -0.481 e. The van der Waals surface area contributed by atoms with Crippen molar-refractivity contribution in [3.63, 3.8) is 0 Å². The summed E-state index contributed by atoms with van der Waals surface area (Å²) in [5, 5.41) is 29.4. The first-order valence-electron chi connectivity index (χ1n) is 5.54. The Morgan fingerprint density at radius 1 is 1.12 bits per heavy atom. The summed E-state index contributed by atoms with van der Waals surface area (Å²) in [6, 6.07) is 0. The molecular weight excluding hydrogens is 208 g/mol. The van der Waals surface area contributed by atoms with Crippen molar-refractivity contribution in [1.29, 1.82) is 0 Å². The van der Waals surface area contributed by atoms with E-state index in [1.54, 1.807) is 13.8 Å². The average molecular weight is 232 g/mol. The molecule has 0 unspecified atom stereocenters. The van der Waals surface area contributed by atoms with E-state index in [9.17, 15) is 15.0 Å². The molecule has 3 N–H and O–H groups in total. The van der Waals surface area contributed by atoms with Crippen LogP contribution in [0.1, 0.15) is 48.0 Å². The molecule has 0 aliphatic rings. The van der Waals surface area contributed by atoms with Crippen LogP contribution in [0.5, 0.6) is 0 Å². The molecule has 0 aromatic carbocycles. The second kappa shape index (κ2) is 4.34. The normalized spacial score (nSPS) is 14.3.